The van der Waals surface area contributed by atoms with E-state index in [1.54, 1.807) is 19.2 Å². The van der Waals surface area contributed by atoms with E-state index in [2.05, 4.69) is 16.4 Å². The van der Waals surface area contributed by atoms with Crippen molar-refractivity contribution in [3.8, 4) is 11.3 Å². The molecule has 0 radical (unpaired) electrons. The Bertz CT molecular complexity index is 1160. The first-order chi connectivity index (χ1) is 14.0. The average Bonchev–Trinajstić information content (AvgIpc) is 3.32. The lowest BCUT2D eigenvalue weighted by atomic mass is 10.1. The molecule has 4 aromatic rings. The molecule has 0 fully saturated rings. The van der Waals surface area contributed by atoms with Crippen LogP contribution in [0, 0.1) is 13.8 Å². The Balaban J connectivity index is 1.47. The summed E-state index contributed by atoms with van der Waals surface area (Å²) in [7, 11) is 0. The number of hydrogen-bond acceptors (Lipinski definition) is 4. The second-order valence-corrected chi connectivity index (χ2v) is 8.32. The van der Waals surface area contributed by atoms with Gasteiger partial charge >= 0.3 is 0 Å². The number of carbonyl (C=O) groups excluding carboxylic acids is 1. The monoisotopic (exact) mass is 422 g/mol. The summed E-state index contributed by atoms with van der Waals surface area (Å²) in [5, 5.41) is 4.19. The zero-order valence-electron chi connectivity index (χ0n) is 16.0. The van der Waals surface area contributed by atoms with Gasteiger partial charge in [0.2, 0.25) is 0 Å². The SMILES string of the molecule is Cc1ccc(Cc2cnc(NC(=O)c3cc(-c4ccccc4)oc3C)s2)cc1Cl. The highest BCUT2D eigenvalue weighted by Crippen LogP contribution is 2.27. The van der Waals surface area contributed by atoms with Crippen LogP contribution in [0.3, 0.4) is 0 Å². The van der Waals surface area contributed by atoms with Crippen LogP contribution in [0.2, 0.25) is 5.02 Å². The van der Waals surface area contributed by atoms with Gasteiger partial charge in [0.15, 0.2) is 5.13 Å². The molecule has 146 valence electrons. The fourth-order valence-corrected chi connectivity index (χ4v) is 4.06. The third-order valence-electron chi connectivity index (χ3n) is 4.61. The van der Waals surface area contributed by atoms with E-state index in [4.69, 9.17) is 16.0 Å². The Kier molecular flexibility index (Phi) is 5.51. The van der Waals surface area contributed by atoms with E-state index in [1.807, 2.05) is 49.4 Å². The lowest BCUT2D eigenvalue weighted by molar-refractivity contribution is 0.102. The number of furan rings is 1. The predicted molar refractivity (Wildman–Crippen MR) is 118 cm³/mol. The van der Waals surface area contributed by atoms with Gasteiger partial charge in [-0.1, -0.05) is 54.1 Å². The number of aryl methyl sites for hydroxylation is 2. The van der Waals surface area contributed by atoms with Crippen LogP contribution in [0.15, 0.2) is 65.2 Å². The third kappa shape index (κ3) is 4.42. The summed E-state index contributed by atoms with van der Waals surface area (Å²) in [6, 6.07) is 17.5. The van der Waals surface area contributed by atoms with E-state index < -0.39 is 0 Å². The standard InChI is InChI=1S/C23H19ClN2O2S/c1-14-8-9-16(11-20(14)24)10-18-13-25-23(29-18)26-22(27)19-12-21(28-15(19)2)17-6-4-3-5-7-17/h3-9,11-13H,10H2,1-2H3,(H,25,26,27). The van der Waals surface area contributed by atoms with E-state index >= 15 is 0 Å². The second kappa shape index (κ2) is 8.23. The molecule has 2 aromatic heterocycles. The van der Waals surface area contributed by atoms with Gasteiger partial charge in [0.1, 0.15) is 11.5 Å². The number of halogens is 1. The maximum absolute atomic E-state index is 12.7. The zero-order chi connectivity index (χ0) is 20.4. The van der Waals surface area contributed by atoms with Gasteiger partial charge in [0, 0.05) is 28.1 Å². The molecule has 2 heterocycles. The molecule has 0 saturated heterocycles. The first-order valence-corrected chi connectivity index (χ1v) is 10.4. The van der Waals surface area contributed by atoms with Crippen LogP contribution in [0.1, 0.15) is 32.1 Å². The van der Waals surface area contributed by atoms with Crippen molar-refractivity contribution >= 4 is 34.0 Å². The fourth-order valence-electron chi connectivity index (χ4n) is 3.01. The molecule has 4 nitrogen and oxygen atoms in total. The molecule has 0 aliphatic heterocycles. The molecular formula is C23H19ClN2O2S. The maximum atomic E-state index is 12.7. The summed E-state index contributed by atoms with van der Waals surface area (Å²) in [5.41, 5.74) is 3.60. The number of hydrogen-bond donors (Lipinski definition) is 1. The largest absolute Gasteiger partial charge is 0.461 e. The molecule has 1 amide bonds. The molecule has 0 spiro atoms. The summed E-state index contributed by atoms with van der Waals surface area (Å²) < 4.78 is 5.77. The molecule has 0 saturated carbocycles. The minimum Gasteiger partial charge on any atom is -0.461 e. The summed E-state index contributed by atoms with van der Waals surface area (Å²) in [4.78, 5) is 18.1. The van der Waals surface area contributed by atoms with Crippen molar-refractivity contribution < 1.29 is 9.21 Å². The summed E-state index contributed by atoms with van der Waals surface area (Å²) >= 11 is 7.66. The molecule has 4 rings (SSSR count). The summed E-state index contributed by atoms with van der Waals surface area (Å²) in [5.74, 6) is 1.02. The van der Waals surface area contributed by atoms with E-state index in [9.17, 15) is 4.79 Å². The predicted octanol–water partition coefficient (Wildman–Crippen LogP) is 6.52. The minimum atomic E-state index is -0.229. The fraction of sp³-hybridized carbons (Fsp3) is 0.130. The first-order valence-electron chi connectivity index (χ1n) is 9.16. The van der Waals surface area contributed by atoms with Gasteiger partial charge in [-0.15, -0.1) is 11.3 Å². The highest BCUT2D eigenvalue weighted by atomic mass is 35.5. The Hall–Kier alpha value is -2.89. The highest BCUT2D eigenvalue weighted by molar-refractivity contribution is 7.15. The van der Waals surface area contributed by atoms with Crippen LogP contribution in [0.4, 0.5) is 5.13 Å². The van der Waals surface area contributed by atoms with Crippen molar-refractivity contribution in [2.24, 2.45) is 0 Å². The molecular weight excluding hydrogens is 404 g/mol. The van der Waals surface area contributed by atoms with Gasteiger partial charge in [-0.3, -0.25) is 10.1 Å². The summed E-state index contributed by atoms with van der Waals surface area (Å²) in [6.07, 6.45) is 2.50. The quantitative estimate of drug-likeness (QED) is 0.398. The minimum absolute atomic E-state index is 0.229. The van der Waals surface area contributed by atoms with Gasteiger partial charge in [0.25, 0.3) is 5.91 Å². The van der Waals surface area contributed by atoms with Gasteiger partial charge in [-0.2, -0.15) is 0 Å². The van der Waals surface area contributed by atoms with Crippen LogP contribution in [-0.2, 0) is 6.42 Å². The topological polar surface area (TPSA) is 55.1 Å². The Morgan fingerprint density at radius 3 is 2.69 bits per heavy atom. The molecule has 0 unspecified atom stereocenters. The van der Waals surface area contributed by atoms with Crippen molar-refractivity contribution in [1.29, 1.82) is 0 Å². The van der Waals surface area contributed by atoms with Gasteiger partial charge in [0.05, 0.1) is 5.56 Å². The molecule has 0 aliphatic carbocycles. The number of amides is 1. The van der Waals surface area contributed by atoms with Gasteiger partial charge < -0.3 is 4.42 Å². The van der Waals surface area contributed by atoms with E-state index in [1.165, 1.54) is 11.3 Å². The van der Waals surface area contributed by atoms with Crippen LogP contribution in [-0.4, -0.2) is 10.9 Å². The average molecular weight is 423 g/mol. The number of nitrogens with zero attached hydrogens (tertiary/aromatic N) is 1. The lowest BCUT2D eigenvalue weighted by Gasteiger charge is -2.02. The van der Waals surface area contributed by atoms with Crippen LogP contribution < -0.4 is 5.32 Å². The lowest BCUT2D eigenvalue weighted by Crippen LogP contribution is -2.11. The van der Waals surface area contributed by atoms with Crippen molar-refractivity contribution in [3.63, 3.8) is 0 Å². The third-order valence-corrected chi connectivity index (χ3v) is 5.93. The smallest absolute Gasteiger partial charge is 0.261 e. The number of aromatic nitrogens is 1. The van der Waals surface area contributed by atoms with Crippen LogP contribution in [0.25, 0.3) is 11.3 Å². The van der Waals surface area contributed by atoms with Crippen molar-refractivity contribution in [1.82, 2.24) is 4.98 Å². The second-order valence-electron chi connectivity index (χ2n) is 6.79. The van der Waals surface area contributed by atoms with Crippen LogP contribution in [0.5, 0.6) is 0 Å². The molecule has 1 N–H and O–H groups in total. The van der Waals surface area contributed by atoms with Crippen molar-refractivity contribution in [3.05, 3.63) is 93.1 Å². The maximum Gasteiger partial charge on any atom is 0.261 e. The first kappa shape index (κ1) is 19.4. The Labute approximate surface area is 178 Å². The molecule has 0 bridgehead atoms. The Morgan fingerprint density at radius 1 is 1.14 bits per heavy atom. The number of carbonyl (C=O) groups is 1. The van der Waals surface area contributed by atoms with Crippen molar-refractivity contribution in [2.75, 3.05) is 5.32 Å². The molecule has 2 aromatic carbocycles. The van der Waals surface area contributed by atoms with E-state index in [0.29, 0.717) is 22.2 Å². The highest BCUT2D eigenvalue weighted by Gasteiger charge is 2.17. The Morgan fingerprint density at radius 2 is 1.93 bits per heavy atom. The van der Waals surface area contributed by atoms with Gasteiger partial charge in [-0.05, 0) is 37.1 Å². The van der Waals surface area contributed by atoms with Crippen LogP contribution >= 0.6 is 22.9 Å². The normalized spacial score (nSPS) is 10.9. The van der Waals surface area contributed by atoms with E-state index in [-0.39, 0.29) is 5.91 Å². The number of thiazole rings is 1. The number of rotatable bonds is 5. The van der Waals surface area contributed by atoms with Crippen molar-refractivity contribution in [2.45, 2.75) is 20.3 Å². The number of benzene rings is 2. The zero-order valence-corrected chi connectivity index (χ0v) is 17.6. The molecule has 0 atom stereocenters. The molecule has 6 heteroatoms. The number of nitrogens with one attached hydrogen (secondary N) is 1. The summed E-state index contributed by atoms with van der Waals surface area (Å²) in [6.45, 7) is 3.77. The van der Waals surface area contributed by atoms with E-state index in [0.717, 1.165) is 33.0 Å². The molecule has 29 heavy (non-hydrogen) atoms. The molecule has 0 aliphatic rings. The number of anilines is 1. The van der Waals surface area contributed by atoms with Gasteiger partial charge in [-0.25, -0.2) is 4.98 Å².